The number of carbonyl (C=O) groups excluding carboxylic acids is 4. The Morgan fingerprint density at radius 1 is 0.966 bits per heavy atom. The number of carbonyl (C=O) groups is 4. The molecule has 2 aliphatic heterocycles. The Balaban J connectivity index is 1.31. The molecule has 1 saturated carbocycles. The number of hydrogen-bond donors (Lipinski definition) is 2. The molecule has 4 amide bonds. The van der Waals surface area contributed by atoms with E-state index in [-0.39, 0.29) is 43.2 Å². The van der Waals surface area contributed by atoms with Crippen LogP contribution in [0.1, 0.15) is 35.4 Å². The first-order chi connectivity index (χ1) is 27.7. The number of aromatic nitrogens is 1. The maximum absolute atomic E-state index is 15.4. The van der Waals surface area contributed by atoms with Gasteiger partial charge in [-0.15, -0.1) is 0 Å². The molecule has 298 valence electrons. The van der Waals surface area contributed by atoms with Gasteiger partial charge in [-0.1, -0.05) is 65.2 Å². The van der Waals surface area contributed by atoms with Crippen molar-refractivity contribution in [3.8, 4) is 5.75 Å². The number of alkyl halides is 3. The number of ether oxygens (including phenoxy) is 1. The van der Waals surface area contributed by atoms with Crippen molar-refractivity contribution in [3.63, 3.8) is 0 Å². The van der Waals surface area contributed by atoms with E-state index in [0.29, 0.717) is 39.0 Å². The first-order valence-corrected chi connectivity index (χ1v) is 18.7. The Labute approximate surface area is 337 Å². The normalized spacial score (nSPS) is 25.3. The van der Waals surface area contributed by atoms with Gasteiger partial charge in [0.25, 0.3) is 17.5 Å². The van der Waals surface area contributed by atoms with Gasteiger partial charge >= 0.3 is 6.18 Å². The fourth-order valence-corrected chi connectivity index (χ4v) is 9.45. The van der Waals surface area contributed by atoms with Gasteiger partial charge in [0.05, 0.1) is 51.0 Å². The topological polar surface area (TPSA) is 172 Å². The summed E-state index contributed by atoms with van der Waals surface area (Å²) in [6.07, 6.45) is -2.53. The zero-order valence-electron chi connectivity index (χ0n) is 29.9. The van der Waals surface area contributed by atoms with Crippen LogP contribution in [-0.2, 0) is 30.8 Å². The van der Waals surface area contributed by atoms with E-state index in [0.717, 1.165) is 4.90 Å². The average molecular weight is 837 g/mol. The minimum absolute atomic E-state index is 0.0667. The van der Waals surface area contributed by atoms with Gasteiger partial charge in [-0.25, -0.2) is 4.98 Å². The molecule has 0 bridgehead atoms. The second-order valence-electron chi connectivity index (χ2n) is 14.3. The van der Waals surface area contributed by atoms with Crippen molar-refractivity contribution in [1.29, 1.82) is 0 Å². The highest BCUT2D eigenvalue weighted by Gasteiger charge is 2.70. The summed E-state index contributed by atoms with van der Waals surface area (Å²) in [7, 11) is 0. The first-order valence-electron chi connectivity index (χ1n) is 18.0. The Kier molecular flexibility index (Phi) is 9.76. The van der Waals surface area contributed by atoms with Crippen molar-refractivity contribution < 1.29 is 47.1 Å². The molecule has 3 heterocycles. The number of para-hydroxylation sites is 1. The van der Waals surface area contributed by atoms with E-state index in [1.165, 1.54) is 24.3 Å². The molecule has 0 radical (unpaired) electrons. The molecule has 4 aromatic rings. The standard InChI is InChI=1S/C40H30Cl2F3N5O8/c41-22-7-5-20(6-8-22)39-29(36(53)49(38(39)55)47-34-30(42)17-21(19-46-34)40(43,44)45)18-28-25(33(39)26-3-1-2-4-31(26)58-16-15-51)13-14-27-32(28)37(54)48(35(27)52)23-9-11-24(12-10-23)50(56)57/h1-13,17,19,27-29,32-33,51H,14-16,18H2,(H,46,47). The number of nitrogens with one attached hydrogen (secondary N) is 1. The molecule has 6 atom stereocenters. The lowest BCUT2D eigenvalue weighted by atomic mass is 9.49. The number of nitro groups is 1. The number of allylic oxidation sites excluding steroid dienone is 2. The van der Waals surface area contributed by atoms with Gasteiger partial charge in [0.15, 0.2) is 5.82 Å². The molecule has 8 rings (SSSR count). The molecule has 4 aliphatic rings. The Morgan fingerprint density at radius 3 is 2.33 bits per heavy atom. The van der Waals surface area contributed by atoms with E-state index in [4.69, 9.17) is 27.9 Å². The number of halogens is 5. The van der Waals surface area contributed by atoms with Gasteiger partial charge in [0.2, 0.25) is 11.8 Å². The number of hydrazine groups is 1. The number of rotatable bonds is 9. The van der Waals surface area contributed by atoms with Crippen LogP contribution in [0.5, 0.6) is 5.75 Å². The van der Waals surface area contributed by atoms with Crippen LogP contribution >= 0.6 is 23.2 Å². The Morgan fingerprint density at radius 2 is 1.67 bits per heavy atom. The monoisotopic (exact) mass is 835 g/mol. The van der Waals surface area contributed by atoms with Crippen molar-refractivity contribution in [1.82, 2.24) is 9.99 Å². The van der Waals surface area contributed by atoms with Gasteiger partial charge in [-0.2, -0.15) is 18.2 Å². The number of amides is 4. The number of fused-ring (bicyclic) bond motifs is 4. The highest BCUT2D eigenvalue weighted by Crippen LogP contribution is 2.65. The van der Waals surface area contributed by atoms with Crippen molar-refractivity contribution in [2.45, 2.75) is 30.4 Å². The molecule has 2 saturated heterocycles. The molecule has 58 heavy (non-hydrogen) atoms. The van der Waals surface area contributed by atoms with Crippen LogP contribution in [0.4, 0.5) is 30.4 Å². The Hall–Kier alpha value is -5.84. The molecule has 3 aromatic carbocycles. The highest BCUT2D eigenvalue weighted by atomic mass is 35.5. The van der Waals surface area contributed by atoms with Crippen LogP contribution < -0.4 is 15.1 Å². The smallest absolute Gasteiger partial charge is 0.417 e. The summed E-state index contributed by atoms with van der Waals surface area (Å²) in [4.78, 5) is 74.5. The summed E-state index contributed by atoms with van der Waals surface area (Å²) < 4.78 is 46.6. The third-order valence-corrected chi connectivity index (χ3v) is 12.0. The van der Waals surface area contributed by atoms with Crippen molar-refractivity contribution >= 4 is 64.0 Å². The third-order valence-electron chi connectivity index (χ3n) is 11.5. The van der Waals surface area contributed by atoms with Gasteiger partial charge in [-0.3, -0.25) is 39.6 Å². The molecule has 2 aliphatic carbocycles. The third kappa shape index (κ3) is 6.08. The number of aliphatic hydroxyl groups is 1. The SMILES string of the molecule is O=C1C2CC3C(=CCC4C(=O)N(c5ccc([N+](=O)[O-])cc5)C(=O)C43)C(c3ccccc3OCCO)C2(c2ccc(Cl)cc2)C(=O)N1Nc1ncc(C(F)(F)F)cc1Cl. The Bertz CT molecular complexity index is 2410. The van der Waals surface area contributed by atoms with Crippen molar-refractivity contribution in [2.24, 2.45) is 23.7 Å². The maximum Gasteiger partial charge on any atom is 0.417 e. The maximum atomic E-state index is 15.4. The van der Waals surface area contributed by atoms with Crippen LogP contribution in [0, 0.1) is 33.8 Å². The second kappa shape index (κ2) is 14.5. The van der Waals surface area contributed by atoms with Crippen LogP contribution in [-0.4, -0.2) is 56.9 Å². The summed E-state index contributed by atoms with van der Waals surface area (Å²) in [5.41, 5.74) is 0.842. The number of anilines is 2. The van der Waals surface area contributed by atoms with Gasteiger partial charge < -0.3 is 9.84 Å². The molecule has 18 heteroatoms. The van der Waals surface area contributed by atoms with Crippen molar-refractivity contribution in [3.05, 3.63) is 134 Å². The molecule has 0 spiro atoms. The van der Waals surface area contributed by atoms with E-state index in [1.54, 1.807) is 54.6 Å². The largest absolute Gasteiger partial charge is 0.491 e. The van der Waals surface area contributed by atoms with Gasteiger partial charge in [0.1, 0.15) is 12.4 Å². The van der Waals surface area contributed by atoms with Crippen LogP contribution in [0.15, 0.2) is 96.7 Å². The number of nitrogens with zero attached hydrogens (tertiary/aromatic N) is 4. The summed E-state index contributed by atoms with van der Waals surface area (Å²) in [6.45, 7) is -0.492. The molecule has 2 N–H and O–H groups in total. The molecule has 3 fully saturated rings. The molecular weight excluding hydrogens is 806 g/mol. The fourth-order valence-electron chi connectivity index (χ4n) is 9.11. The number of aliphatic hydroxyl groups excluding tert-OH is 1. The van der Waals surface area contributed by atoms with E-state index >= 15 is 4.79 Å². The van der Waals surface area contributed by atoms with E-state index < -0.39 is 86.1 Å². The predicted molar refractivity (Wildman–Crippen MR) is 201 cm³/mol. The van der Waals surface area contributed by atoms with Gasteiger partial charge in [-0.05, 0) is 60.7 Å². The van der Waals surface area contributed by atoms with Crippen LogP contribution in [0.3, 0.4) is 0 Å². The predicted octanol–water partition coefficient (Wildman–Crippen LogP) is 6.88. The minimum Gasteiger partial charge on any atom is -0.491 e. The lowest BCUT2D eigenvalue weighted by molar-refractivity contribution is -0.384. The molecule has 13 nitrogen and oxygen atoms in total. The van der Waals surface area contributed by atoms with Gasteiger partial charge in [0, 0.05) is 34.8 Å². The number of benzene rings is 3. The fraction of sp³-hybridized carbons (Fsp3) is 0.275. The summed E-state index contributed by atoms with van der Waals surface area (Å²) in [5, 5.41) is 21.6. The molecule has 6 unspecified atom stereocenters. The van der Waals surface area contributed by atoms with E-state index in [9.17, 15) is 42.8 Å². The first kappa shape index (κ1) is 39.0. The number of imide groups is 2. The summed E-state index contributed by atoms with van der Waals surface area (Å²) in [5.74, 6) is -7.93. The van der Waals surface area contributed by atoms with Crippen LogP contribution in [0.2, 0.25) is 10.0 Å². The van der Waals surface area contributed by atoms with Crippen LogP contribution in [0.25, 0.3) is 0 Å². The minimum atomic E-state index is -4.78. The summed E-state index contributed by atoms with van der Waals surface area (Å²) >= 11 is 12.6. The van der Waals surface area contributed by atoms with E-state index in [1.807, 2.05) is 0 Å². The van der Waals surface area contributed by atoms with Crippen molar-refractivity contribution in [2.75, 3.05) is 23.5 Å². The highest BCUT2D eigenvalue weighted by molar-refractivity contribution is 6.33. The summed E-state index contributed by atoms with van der Waals surface area (Å²) in [6, 6.07) is 18.6. The number of hydrogen-bond acceptors (Lipinski definition) is 10. The van der Waals surface area contributed by atoms with E-state index in [2.05, 4.69) is 10.4 Å². The zero-order valence-corrected chi connectivity index (χ0v) is 31.4. The number of pyridine rings is 1. The average Bonchev–Trinajstić information content (AvgIpc) is 3.58. The molecular formula is C40H30Cl2F3N5O8. The molecule has 1 aromatic heterocycles. The second-order valence-corrected chi connectivity index (χ2v) is 15.2. The lowest BCUT2D eigenvalue weighted by Gasteiger charge is -2.50. The number of nitro benzene ring substituents is 1. The quantitative estimate of drug-likeness (QED) is 0.0784. The lowest BCUT2D eigenvalue weighted by Crippen LogP contribution is -2.53. The number of non-ortho nitro benzene ring substituents is 1. The zero-order chi connectivity index (χ0) is 41.3.